The van der Waals surface area contributed by atoms with Crippen molar-refractivity contribution in [1.29, 1.82) is 0 Å². The lowest BCUT2D eigenvalue weighted by atomic mass is 9.90. The lowest BCUT2D eigenvalue weighted by Gasteiger charge is -2.32. The number of thioether (sulfide) groups is 1. The maximum atomic E-state index is 11.5. The minimum Gasteiger partial charge on any atom is -0.480 e. The molecule has 4 atom stereocenters. The summed E-state index contributed by atoms with van der Waals surface area (Å²) in [6.07, 6.45) is 6.93. The molecule has 4 unspecified atom stereocenters. The average molecular weight is 301 g/mol. The molecule has 1 aliphatic rings. The van der Waals surface area contributed by atoms with Crippen LogP contribution < -0.4 is 5.32 Å². The summed E-state index contributed by atoms with van der Waals surface area (Å²) in [5, 5.41) is 13.8. The van der Waals surface area contributed by atoms with Gasteiger partial charge in [-0.15, -0.1) is 0 Å². The van der Waals surface area contributed by atoms with Gasteiger partial charge in [-0.2, -0.15) is 11.8 Å². The third kappa shape index (κ3) is 5.65. The van der Waals surface area contributed by atoms with Gasteiger partial charge < -0.3 is 10.4 Å². The quantitative estimate of drug-likeness (QED) is 0.713. The lowest BCUT2D eigenvalue weighted by Crippen LogP contribution is -2.51. The Bertz CT molecular complexity index is 311. The first-order valence-corrected chi connectivity index (χ1v) is 8.95. The zero-order chi connectivity index (χ0) is 15.2. The van der Waals surface area contributed by atoms with Gasteiger partial charge in [-0.1, -0.05) is 33.6 Å². The van der Waals surface area contributed by atoms with Gasteiger partial charge in [0.2, 0.25) is 0 Å². The van der Waals surface area contributed by atoms with Gasteiger partial charge in [-0.25, -0.2) is 0 Å². The summed E-state index contributed by atoms with van der Waals surface area (Å²) >= 11 is 2.00. The Morgan fingerprint density at radius 2 is 2.20 bits per heavy atom. The minimum absolute atomic E-state index is 0.385. The molecule has 2 N–H and O–H groups in total. The van der Waals surface area contributed by atoms with Crippen molar-refractivity contribution in [3.05, 3.63) is 0 Å². The number of carbonyl (C=O) groups is 1. The number of carboxylic acids is 1. The third-order valence-corrected chi connectivity index (χ3v) is 5.69. The molecule has 1 aliphatic carbocycles. The highest BCUT2D eigenvalue weighted by molar-refractivity contribution is 8.00. The van der Waals surface area contributed by atoms with E-state index < -0.39 is 11.5 Å². The van der Waals surface area contributed by atoms with Crippen LogP contribution in [-0.2, 0) is 4.79 Å². The SMILES string of the molecule is CCCNC(C)(CC(C)SC1CCCC(C)C1)C(=O)O. The maximum Gasteiger partial charge on any atom is 0.323 e. The Morgan fingerprint density at radius 1 is 1.50 bits per heavy atom. The molecule has 0 bridgehead atoms. The van der Waals surface area contributed by atoms with E-state index in [1.165, 1.54) is 25.7 Å². The molecule has 0 aromatic carbocycles. The van der Waals surface area contributed by atoms with Crippen LogP contribution in [0.4, 0.5) is 0 Å². The van der Waals surface area contributed by atoms with Crippen LogP contribution in [0.25, 0.3) is 0 Å². The summed E-state index contributed by atoms with van der Waals surface area (Å²) in [5.41, 5.74) is -0.789. The van der Waals surface area contributed by atoms with Crippen LogP contribution in [0, 0.1) is 5.92 Å². The molecule has 4 heteroatoms. The van der Waals surface area contributed by atoms with Crippen LogP contribution >= 0.6 is 11.8 Å². The predicted octanol–water partition coefficient (Wildman–Crippen LogP) is 3.92. The highest BCUT2D eigenvalue weighted by Gasteiger charge is 2.35. The highest BCUT2D eigenvalue weighted by Crippen LogP contribution is 2.36. The predicted molar refractivity (Wildman–Crippen MR) is 87.4 cm³/mol. The van der Waals surface area contributed by atoms with Crippen molar-refractivity contribution in [1.82, 2.24) is 5.32 Å². The molecule has 1 rings (SSSR count). The molecule has 0 heterocycles. The van der Waals surface area contributed by atoms with Crippen molar-refractivity contribution in [3.8, 4) is 0 Å². The Kier molecular flexibility index (Phi) is 7.38. The Labute approximate surface area is 128 Å². The van der Waals surface area contributed by atoms with Gasteiger partial charge >= 0.3 is 5.97 Å². The number of carboxylic acid groups (broad SMARTS) is 1. The van der Waals surface area contributed by atoms with Crippen LogP contribution in [0.5, 0.6) is 0 Å². The molecule has 1 saturated carbocycles. The first kappa shape index (κ1) is 17.8. The zero-order valence-corrected chi connectivity index (χ0v) is 14.3. The van der Waals surface area contributed by atoms with Gasteiger partial charge in [0.15, 0.2) is 0 Å². The van der Waals surface area contributed by atoms with Crippen LogP contribution in [0.15, 0.2) is 0 Å². The van der Waals surface area contributed by atoms with E-state index >= 15 is 0 Å². The Balaban J connectivity index is 2.48. The molecule has 0 saturated heterocycles. The van der Waals surface area contributed by atoms with Gasteiger partial charge in [-0.05, 0) is 45.1 Å². The molecule has 3 nitrogen and oxygen atoms in total. The highest BCUT2D eigenvalue weighted by atomic mass is 32.2. The van der Waals surface area contributed by atoms with E-state index in [-0.39, 0.29) is 0 Å². The standard InChI is InChI=1S/C16H31NO2S/c1-5-9-17-16(4,15(18)19)11-13(3)20-14-8-6-7-12(2)10-14/h12-14,17H,5-11H2,1-4H3,(H,18,19). The topological polar surface area (TPSA) is 49.3 Å². The van der Waals surface area contributed by atoms with E-state index in [1.54, 1.807) is 0 Å². The van der Waals surface area contributed by atoms with Crippen molar-refractivity contribution < 1.29 is 9.90 Å². The molecule has 0 spiro atoms. The molecule has 0 radical (unpaired) electrons. The molecule has 0 aromatic rings. The van der Waals surface area contributed by atoms with Crippen molar-refractivity contribution in [2.45, 2.75) is 82.3 Å². The zero-order valence-electron chi connectivity index (χ0n) is 13.4. The second kappa shape index (κ2) is 8.28. The first-order chi connectivity index (χ1) is 9.37. The van der Waals surface area contributed by atoms with Crippen molar-refractivity contribution >= 4 is 17.7 Å². The minimum atomic E-state index is -0.789. The molecule has 0 amide bonds. The number of aliphatic carboxylic acids is 1. The number of hydrogen-bond acceptors (Lipinski definition) is 3. The van der Waals surface area contributed by atoms with Gasteiger partial charge in [0.25, 0.3) is 0 Å². The Morgan fingerprint density at radius 3 is 2.75 bits per heavy atom. The largest absolute Gasteiger partial charge is 0.480 e. The number of nitrogens with one attached hydrogen (secondary N) is 1. The third-order valence-electron chi connectivity index (χ3n) is 4.25. The first-order valence-electron chi connectivity index (χ1n) is 8.01. The summed E-state index contributed by atoms with van der Waals surface area (Å²) in [7, 11) is 0. The van der Waals surface area contributed by atoms with E-state index in [0.717, 1.165) is 24.1 Å². The van der Waals surface area contributed by atoms with E-state index in [4.69, 9.17) is 0 Å². The summed E-state index contributed by atoms with van der Waals surface area (Å²) in [4.78, 5) is 11.5. The fourth-order valence-corrected chi connectivity index (χ4v) is 4.92. The lowest BCUT2D eigenvalue weighted by molar-refractivity contribution is -0.144. The van der Waals surface area contributed by atoms with Crippen molar-refractivity contribution in [2.24, 2.45) is 5.92 Å². The molecular weight excluding hydrogens is 270 g/mol. The van der Waals surface area contributed by atoms with Gasteiger partial charge in [0.1, 0.15) is 5.54 Å². The van der Waals surface area contributed by atoms with Crippen LogP contribution in [0.1, 0.15) is 66.2 Å². The fraction of sp³-hybridized carbons (Fsp3) is 0.938. The summed E-state index contributed by atoms with van der Waals surface area (Å²) in [6, 6.07) is 0. The van der Waals surface area contributed by atoms with E-state index in [1.807, 2.05) is 18.7 Å². The van der Waals surface area contributed by atoms with Crippen LogP contribution in [0.3, 0.4) is 0 Å². The molecule has 0 aliphatic heterocycles. The van der Waals surface area contributed by atoms with E-state index in [0.29, 0.717) is 11.7 Å². The molecular formula is C16H31NO2S. The van der Waals surface area contributed by atoms with Gasteiger partial charge in [0.05, 0.1) is 0 Å². The normalized spacial score (nSPS) is 27.8. The fourth-order valence-electron chi connectivity index (χ4n) is 3.09. The average Bonchev–Trinajstić information content (AvgIpc) is 2.36. The molecule has 1 fully saturated rings. The maximum absolute atomic E-state index is 11.5. The van der Waals surface area contributed by atoms with E-state index in [9.17, 15) is 9.90 Å². The Hall–Kier alpha value is -0.220. The summed E-state index contributed by atoms with van der Waals surface area (Å²) in [6.45, 7) is 9.17. The molecule has 20 heavy (non-hydrogen) atoms. The smallest absolute Gasteiger partial charge is 0.323 e. The summed E-state index contributed by atoms with van der Waals surface area (Å²) in [5.74, 6) is 0.105. The van der Waals surface area contributed by atoms with Gasteiger partial charge in [0, 0.05) is 10.5 Å². The second-order valence-corrected chi connectivity index (χ2v) is 8.35. The van der Waals surface area contributed by atoms with Crippen molar-refractivity contribution in [3.63, 3.8) is 0 Å². The molecule has 118 valence electrons. The van der Waals surface area contributed by atoms with Crippen LogP contribution in [0.2, 0.25) is 0 Å². The monoisotopic (exact) mass is 301 g/mol. The van der Waals surface area contributed by atoms with Crippen LogP contribution in [-0.4, -0.2) is 33.7 Å². The molecule has 0 aromatic heterocycles. The van der Waals surface area contributed by atoms with Crippen molar-refractivity contribution in [2.75, 3.05) is 6.54 Å². The number of hydrogen-bond donors (Lipinski definition) is 2. The summed E-state index contributed by atoms with van der Waals surface area (Å²) < 4.78 is 0. The number of rotatable bonds is 8. The van der Waals surface area contributed by atoms with Gasteiger partial charge in [-0.3, -0.25) is 4.79 Å². The van der Waals surface area contributed by atoms with E-state index in [2.05, 4.69) is 26.1 Å². The second-order valence-electron chi connectivity index (χ2n) is 6.61.